The smallest absolute Gasteiger partial charge is 0.348 e. The van der Waals surface area contributed by atoms with Crippen molar-refractivity contribution in [3.05, 3.63) is 41.0 Å². The normalized spacial score (nSPS) is 21.5. The summed E-state index contributed by atoms with van der Waals surface area (Å²) in [5.41, 5.74) is -0.354. The van der Waals surface area contributed by atoms with E-state index in [-0.39, 0.29) is 11.1 Å². The van der Waals surface area contributed by atoms with Crippen molar-refractivity contribution in [2.24, 2.45) is 5.41 Å². The van der Waals surface area contributed by atoms with Crippen molar-refractivity contribution >= 4 is 24.0 Å². The predicted octanol–water partition coefficient (Wildman–Crippen LogP) is 1.30. The maximum atomic E-state index is 12.2. The minimum Gasteiger partial charge on any atom is -0.545 e. The van der Waals surface area contributed by atoms with Crippen LogP contribution < -0.4 is 5.11 Å². The van der Waals surface area contributed by atoms with Crippen LogP contribution in [-0.4, -0.2) is 23.7 Å². The summed E-state index contributed by atoms with van der Waals surface area (Å²) >= 11 is 0. The maximum Gasteiger partial charge on any atom is 0.348 e. The Morgan fingerprint density at radius 3 is 1.96 bits per heavy atom. The minimum absolute atomic E-state index is 0.00116. The fourth-order valence-corrected chi connectivity index (χ4v) is 1.87. The average molecular weight is 317 g/mol. The highest BCUT2D eigenvalue weighted by Gasteiger charge is 2.50. The fraction of sp³-hybridized carbons (Fsp3) is 0.353. The third-order valence-electron chi connectivity index (χ3n) is 3.83. The van der Waals surface area contributed by atoms with E-state index in [0.717, 1.165) is 0 Å². The molecule has 0 radical (unpaired) electrons. The lowest BCUT2D eigenvalue weighted by molar-refractivity contribution is -0.261. The lowest BCUT2D eigenvalue weighted by Gasteiger charge is -2.42. The molecular weight excluding hydrogens is 300 g/mol. The molecule has 0 unspecified atom stereocenters. The summed E-state index contributed by atoms with van der Waals surface area (Å²) in [5.74, 6) is -4.20. The van der Waals surface area contributed by atoms with Crippen LogP contribution in [0.15, 0.2) is 29.8 Å². The van der Waals surface area contributed by atoms with Crippen LogP contribution in [0, 0.1) is 5.41 Å². The fourth-order valence-electron chi connectivity index (χ4n) is 1.87. The molecule has 1 aromatic carbocycles. The predicted molar refractivity (Wildman–Crippen MR) is 78.8 cm³/mol. The number of esters is 2. The van der Waals surface area contributed by atoms with E-state index >= 15 is 0 Å². The number of rotatable bonds is 2. The van der Waals surface area contributed by atoms with Gasteiger partial charge < -0.3 is 19.4 Å². The third-order valence-corrected chi connectivity index (χ3v) is 3.83. The van der Waals surface area contributed by atoms with E-state index in [0.29, 0.717) is 5.56 Å². The Balaban J connectivity index is 2.29. The molecule has 1 aliphatic heterocycles. The number of ether oxygens (including phenoxy) is 2. The number of hydrogen-bond acceptors (Lipinski definition) is 6. The quantitative estimate of drug-likeness (QED) is 0.464. The molecule has 6 heteroatoms. The second-order valence-corrected chi connectivity index (χ2v) is 6.44. The van der Waals surface area contributed by atoms with Crippen LogP contribution in [0.1, 0.15) is 43.6 Å². The molecule has 1 aliphatic rings. The van der Waals surface area contributed by atoms with Crippen LogP contribution in [0.5, 0.6) is 0 Å². The molecule has 1 fully saturated rings. The number of aromatic carboxylic acids is 1. The van der Waals surface area contributed by atoms with Gasteiger partial charge in [-0.2, -0.15) is 0 Å². The number of carboxylic acid groups (broad SMARTS) is 1. The van der Waals surface area contributed by atoms with Crippen LogP contribution in [0.3, 0.4) is 0 Å². The summed E-state index contributed by atoms with van der Waals surface area (Å²) < 4.78 is 10.6. The second kappa shape index (κ2) is 5.53. The standard InChI is InChI=1S/C17H18O6/c1-16(2,3)17(4)22-14(20)12(15(21)23-17)9-10-5-7-11(8-6-10)13(18)19/h5-9H,1-4H3,(H,18,19)/p-1. The summed E-state index contributed by atoms with van der Waals surface area (Å²) in [6, 6.07) is 5.55. The largest absolute Gasteiger partial charge is 0.545 e. The van der Waals surface area contributed by atoms with Gasteiger partial charge in [-0.25, -0.2) is 9.59 Å². The Morgan fingerprint density at radius 1 is 1.09 bits per heavy atom. The van der Waals surface area contributed by atoms with Crippen molar-refractivity contribution in [3.8, 4) is 0 Å². The van der Waals surface area contributed by atoms with Gasteiger partial charge in [0.1, 0.15) is 5.57 Å². The number of benzene rings is 1. The third kappa shape index (κ3) is 3.26. The molecule has 0 bridgehead atoms. The Hall–Kier alpha value is -2.63. The van der Waals surface area contributed by atoms with Gasteiger partial charge in [0.05, 0.1) is 5.97 Å². The Labute approximate surface area is 133 Å². The zero-order chi connectivity index (χ0) is 17.4. The van der Waals surface area contributed by atoms with Crippen LogP contribution in [0.2, 0.25) is 0 Å². The molecule has 0 spiro atoms. The Morgan fingerprint density at radius 2 is 1.57 bits per heavy atom. The molecule has 1 heterocycles. The number of carboxylic acids is 1. The summed E-state index contributed by atoms with van der Waals surface area (Å²) in [6.07, 6.45) is 1.30. The van der Waals surface area contributed by atoms with Gasteiger partial charge in [-0.1, -0.05) is 45.0 Å². The molecule has 122 valence electrons. The van der Waals surface area contributed by atoms with Gasteiger partial charge >= 0.3 is 11.9 Å². The lowest BCUT2D eigenvalue weighted by atomic mass is 9.85. The van der Waals surface area contributed by atoms with Gasteiger partial charge in [0.25, 0.3) is 5.79 Å². The molecule has 6 nitrogen and oxygen atoms in total. The molecule has 0 atom stereocenters. The maximum absolute atomic E-state index is 12.2. The highest BCUT2D eigenvalue weighted by Crippen LogP contribution is 2.38. The highest BCUT2D eigenvalue weighted by atomic mass is 16.7. The van der Waals surface area contributed by atoms with Gasteiger partial charge in [0.15, 0.2) is 0 Å². The zero-order valence-electron chi connectivity index (χ0n) is 13.3. The van der Waals surface area contributed by atoms with Crippen molar-refractivity contribution in [1.29, 1.82) is 0 Å². The minimum atomic E-state index is -1.35. The van der Waals surface area contributed by atoms with Crippen LogP contribution in [-0.2, 0) is 19.1 Å². The molecule has 0 aromatic heterocycles. The topological polar surface area (TPSA) is 92.7 Å². The summed E-state index contributed by atoms with van der Waals surface area (Å²) in [7, 11) is 0. The van der Waals surface area contributed by atoms with E-state index in [1.54, 1.807) is 20.8 Å². The first-order chi connectivity index (χ1) is 10.5. The van der Waals surface area contributed by atoms with Gasteiger partial charge in [0.2, 0.25) is 0 Å². The van der Waals surface area contributed by atoms with Crippen LogP contribution in [0.25, 0.3) is 6.08 Å². The first-order valence-corrected chi connectivity index (χ1v) is 7.03. The summed E-state index contributed by atoms with van der Waals surface area (Å²) in [6.45, 7) is 6.91. The van der Waals surface area contributed by atoms with Crippen molar-refractivity contribution in [1.82, 2.24) is 0 Å². The van der Waals surface area contributed by atoms with Crippen LogP contribution >= 0.6 is 0 Å². The van der Waals surface area contributed by atoms with E-state index in [9.17, 15) is 19.5 Å². The second-order valence-electron chi connectivity index (χ2n) is 6.44. The monoisotopic (exact) mass is 317 g/mol. The van der Waals surface area contributed by atoms with Crippen molar-refractivity contribution in [3.63, 3.8) is 0 Å². The summed E-state index contributed by atoms with van der Waals surface area (Å²) in [5, 5.41) is 10.7. The van der Waals surface area contributed by atoms with Gasteiger partial charge in [-0.15, -0.1) is 0 Å². The molecule has 0 N–H and O–H groups in total. The molecule has 1 saturated heterocycles. The summed E-state index contributed by atoms with van der Waals surface area (Å²) in [4.78, 5) is 35.0. The Kier molecular flexibility index (Phi) is 4.03. The molecule has 0 saturated carbocycles. The molecule has 2 rings (SSSR count). The molecule has 23 heavy (non-hydrogen) atoms. The highest BCUT2D eigenvalue weighted by molar-refractivity contribution is 6.18. The van der Waals surface area contributed by atoms with Crippen molar-refractivity contribution in [2.45, 2.75) is 33.5 Å². The van der Waals surface area contributed by atoms with E-state index in [2.05, 4.69) is 0 Å². The first-order valence-electron chi connectivity index (χ1n) is 7.03. The number of carbonyl (C=O) groups is 3. The van der Waals surface area contributed by atoms with Crippen LogP contribution in [0.4, 0.5) is 0 Å². The molecule has 0 amide bonds. The first kappa shape index (κ1) is 16.7. The average Bonchev–Trinajstić information content (AvgIpc) is 2.42. The number of carbonyl (C=O) groups excluding carboxylic acids is 3. The SMILES string of the molecule is CC(C)(C)C1(C)OC(=O)C(=Cc2ccc(C(=O)[O-])cc2)C(=O)O1. The van der Waals surface area contributed by atoms with E-state index < -0.39 is 29.1 Å². The molecular formula is C17H17O6-. The molecule has 0 aliphatic carbocycles. The number of cyclic esters (lactones) is 2. The molecule has 1 aromatic rings. The zero-order valence-corrected chi connectivity index (χ0v) is 13.3. The Bertz CT molecular complexity index is 671. The van der Waals surface area contributed by atoms with Gasteiger partial charge in [-0.05, 0) is 17.2 Å². The van der Waals surface area contributed by atoms with E-state index in [1.807, 2.05) is 0 Å². The van der Waals surface area contributed by atoms with Crippen molar-refractivity contribution in [2.75, 3.05) is 0 Å². The number of hydrogen-bond donors (Lipinski definition) is 0. The van der Waals surface area contributed by atoms with Crippen molar-refractivity contribution < 1.29 is 29.0 Å². The lowest BCUT2D eigenvalue weighted by Crippen LogP contribution is -2.52. The van der Waals surface area contributed by atoms with E-state index in [4.69, 9.17) is 9.47 Å². The van der Waals surface area contributed by atoms with Gasteiger partial charge in [-0.3, -0.25) is 0 Å². The van der Waals surface area contributed by atoms with Gasteiger partial charge in [0, 0.05) is 12.3 Å². The van der Waals surface area contributed by atoms with E-state index in [1.165, 1.54) is 37.3 Å².